The van der Waals surface area contributed by atoms with Gasteiger partial charge in [0.05, 0.1) is 5.52 Å². The predicted molar refractivity (Wildman–Crippen MR) is 119 cm³/mol. The fraction of sp³-hybridized carbons (Fsp3) is 0.320. The van der Waals surface area contributed by atoms with Gasteiger partial charge in [-0.15, -0.1) is 0 Å². The highest BCUT2D eigenvalue weighted by molar-refractivity contribution is 5.95. The van der Waals surface area contributed by atoms with Crippen LogP contribution in [-0.4, -0.2) is 63.5 Å². The molecule has 1 aliphatic heterocycles. The highest BCUT2D eigenvalue weighted by Crippen LogP contribution is 2.37. The summed E-state index contributed by atoms with van der Waals surface area (Å²) in [7, 11) is 0. The molecule has 1 saturated carbocycles. The number of pyridine rings is 1. The smallest absolute Gasteiger partial charge is 0.254 e. The molecule has 3 aromatic rings. The van der Waals surface area contributed by atoms with Gasteiger partial charge in [0.15, 0.2) is 0 Å². The molecule has 6 heteroatoms. The lowest BCUT2D eigenvalue weighted by atomic mass is 10.0. The molecule has 1 aromatic heterocycles. The topological polar surface area (TPSA) is 73.7 Å². The van der Waals surface area contributed by atoms with Gasteiger partial charge in [-0.3, -0.25) is 14.6 Å². The van der Waals surface area contributed by atoms with E-state index in [0.29, 0.717) is 44.6 Å². The summed E-state index contributed by atoms with van der Waals surface area (Å²) in [6.07, 6.45) is 2.96. The average Bonchev–Trinajstić information content (AvgIpc) is 3.56. The van der Waals surface area contributed by atoms with Crippen LogP contribution in [0.15, 0.2) is 54.7 Å². The van der Waals surface area contributed by atoms with Crippen molar-refractivity contribution in [2.45, 2.75) is 25.4 Å². The summed E-state index contributed by atoms with van der Waals surface area (Å²) in [5, 5.41) is 11.1. The van der Waals surface area contributed by atoms with E-state index in [1.807, 2.05) is 37.4 Å². The summed E-state index contributed by atoms with van der Waals surface area (Å²) in [6, 6.07) is 16.0. The van der Waals surface area contributed by atoms with Crippen LogP contribution >= 0.6 is 0 Å². The Hall–Kier alpha value is -3.25. The van der Waals surface area contributed by atoms with Crippen molar-refractivity contribution in [3.05, 3.63) is 65.9 Å². The summed E-state index contributed by atoms with van der Waals surface area (Å²) < 4.78 is 0. The highest BCUT2D eigenvalue weighted by Gasteiger charge is 2.50. The van der Waals surface area contributed by atoms with E-state index in [4.69, 9.17) is 0 Å². The molecule has 2 amide bonds. The zero-order chi connectivity index (χ0) is 21.6. The fourth-order valence-electron chi connectivity index (χ4n) is 4.14. The molecule has 0 bridgehead atoms. The van der Waals surface area contributed by atoms with Crippen molar-refractivity contribution in [1.29, 1.82) is 0 Å². The molecule has 0 spiro atoms. The second-order valence-corrected chi connectivity index (χ2v) is 8.61. The Morgan fingerprint density at radius 2 is 1.55 bits per heavy atom. The third kappa shape index (κ3) is 3.79. The van der Waals surface area contributed by atoms with Crippen molar-refractivity contribution in [1.82, 2.24) is 14.8 Å². The molecule has 158 valence electrons. The number of aryl methyl sites for hydroxylation is 1. The van der Waals surface area contributed by atoms with Crippen molar-refractivity contribution in [2.24, 2.45) is 0 Å². The number of hydrogen-bond acceptors (Lipinski definition) is 4. The van der Waals surface area contributed by atoms with Gasteiger partial charge in [0, 0.05) is 43.3 Å². The first-order valence-corrected chi connectivity index (χ1v) is 10.7. The van der Waals surface area contributed by atoms with E-state index in [9.17, 15) is 14.7 Å². The van der Waals surface area contributed by atoms with Gasteiger partial charge in [-0.1, -0.05) is 24.3 Å². The van der Waals surface area contributed by atoms with Gasteiger partial charge in [-0.2, -0.15) is 0 Å². The number of carbonyl (C=O) groups is 2. The molecule has 1 saturated heterocycles. The molecule has 1 aliphatic carbocycles. The quantitative estimate of drug-likeness (QED) is 0.714. The maximum Gasteiger partial charge on any atom is 0.254 e. The lowest BCUT2D eigenvalue weighted by molar-refractivity contribution is -0.143. The zero-order valence-corrected chi connectivity index (χ0v) is 17.5. The first-order chi connectivity index (χ1) is 14.9. The molecule has 0 atom stereocenters. The number of piperazine rings is 1. The minimum absolute atomic E-state index is 0.0283. The van der Waals surface area contributed by atoms with Crippen LogP contribution in [0.2, 0.25) is 0 Å². The van der Waals surface area contributed by atoms with E-state index < -0.39 is 5.60 Å². The minimum atomic E-state index is -1.14. The van der Waals surface area contributed by atoms with Crippen LogP contribution in [0, 0.1) is 6.92 Å². The molecule has 2 heterocycles. The van der Waals surface area contributed by atoms with Crippen LogP contribution in [0.25, 0.3) is 22.0 Å². The summed E-state index contributed by atoms with van der Waals surface area (Å²) in [6.45, 7) is 3.93. The van der Waals surface area contributed by atoms with E-state index in [-0.39, 0.29) is 11.8 Å². The van der Waals surface area contributed by atoms with Crippen molar-refractivity contribution in [3.8, 4) is 11.1 Å². The Balaban J connectivity index is 1.26. The minimum Gasteiger partial charge on any atom is -0.380 e. The SMILES string of the molecule is Cc1cnc2cc(-c3ccc(C(=O)N4CCN(C(=O)C5(O)CC5)CC4)cc3)ccc2c1. The number of nitrogens with zero attached hydrogens (tertiary/aromatic N) is 3. The van der Waals surface area contributed by atoms with Crippen LogP contribution < -0.4 is 0 Å². The van der Waals surface area contributed by atoms with E-state index in [2.05, 4.69) is 29.2 Å². The highest BCUT2D eigenvalue weighted by atomic mass is 16.3. The number of aromatic nitrogens is 1. The van der Waals surface area contributed by atoms with Gasteiger partial charge in [-0.05, 0) is 60.7 Å². The standard InChI is InChI=1S/C25H25N3O3/c1-17-14-21-7-6-20(15-22(21)26-16-17)18-2-4-19(5-3-18)23(29)27-10-12-28(13-11-27)24(30)25(31)8-9-25/h2-7,14-16,31H,8-13H2,1H3. The number of benzene rings is 2. The first kappa shape index (κ1) is 19.7. The molecular formula is C25H25N3O3. The third-order valence-electron chi connectivity index (χ3n) is 6.26. The second-order valence-electron chi connectivity index (χ2n) is 8.61. The number of amides is 2. The van der Waals surface area contributed by atoms with Crippen molar-refractivity contribution < 1.29 is 14.7 Å². The number of fused-ring (bicyclic) bond motifs is 1. The van der Waals surface area contributed by atoms with Crippen molar-refractivity contribution in [3.63, 3.8) is 0 Å². The molecular weight excluding hydrogens is 390 g/mol. The van der Waals surface area contributed by atoms with Crippen LogP contribution in [-0.2, 0) is 4.79 Å². The van der Waals surface area contributed by atoms with E-state index in [1.165, 1.54) is 0 Å². The molecule has 2 aliphatic rings. The first-order valence-electron chi connectivity index (χ1n) is 10.7. The largest absolute Gasteiger partial charge is 0.380 e. The molecule has 1 N–H and O–H groups in total. The molecule has 0 unspecified atom stereocenters. The van der Waals surface area contributed by atoms with Crippen LogP contribution in [0.5, 0.6) is 0 Å². The average molecular weight is 415 g/mol. The van der Waals surface area contributed by atoms with Gasteiger partial charge in [-0.25, -0.2) is 0 Å². The summed E-state index contributed by atoms with van der Waals surface area (Å²) in [5.41, 5.74) is 3.68. The zero-order valence-electron chi connectivity index (χ0n) is 17.5. The summed E-state index contributed by atoms with van der Waals surface area (Å²) in [5.74, 6) is -0.219. The summed E-state index contributed by atoms with van der Waals surface area (Å²) >= 11 is 0. The molecule has 2 aromatic carbocycles. The maximum atomic E-state index is 12.9. The predicted octanol–water partition coefficient (Wildman–Crippen LogP) is 3.02. The van der Waals surface area contributed by atoms with Gasteiger partial charge >= 0.3 is 0 Å². The van der Waals surface area contributed by atoms with Crippen LogP contribution in [0.4, 0.5) is 0 Å². The Kier molecular flexibility index (Phi) is 4.74. The van der Waals surface area contributed by atoms with Crippen molar-refractivity contribution >= 4 is 22.7 Å². The fourth-order valence-corrected chi connectivity index (χ4v) is 4.14. The second kappa shape index (κ2) is 7.46. The van der Waals surface area contributed by atoms with Crippen LogP contribution in [0.1, 0.15) is 28.8 Å². The van der Waals surface area contributed by atoms with E-state index >= 15 is 0 Å². The Morgan fingerprint density at radius 3 is 2.23 bits per heavy atom. The molecule has 6 nitrogen and oxygen atoms in total. The Bertz CT molecular complexity index is 1160. The number of aliphatic hydroxyl groups is 1. The van der Waals surface area contributed by atoms with Crippen molar-refractivity contribution in [2.75, 3.05) is 26.2 Å². The van der Waals surface area contributed by atoms with E-state index in [1.54, 1.807) is 9.80 Å². The molecule has 0 radical (unpaired) electrons. The molecule has 31 heavy (non-hydrogen) atoms. The lowest BCUT2D eigenvalue weighted by Crippen LogP contribution is -2.53. The maximum absolute atomic E-state index is 12.9. The molecule has 5 rings (SSSR count). The van der Waals surface area contributed by atoms with Gasteiger partial charge < -0.3 is 14.9 Å². The summed E-state index contributed by atoms with van der Waals surface area (Å²) in [4.78, 5) is 33.1. The van der Waals surface area contributed by atoms with Gasteiger partial charge in [0.2, 0.25) is 0 Å². The van der Waals surface area contributed by atoms with E-state index in [0.717, 1.165) is 27.6 Å². The Labute approximate surface area is 181 Å². The number of hydrogen-bond donors (Lipinski definition) is 1. The Morgan fingerprint density at radius 1 is 0.903 bits per heavy atom. The van der Waals surface area contributed by atoms with Crippen LogP contribution in [0.3, 0.4) is 0 Å². The number of carbonyl (C=O) groups excluding carboxylic acids is 2. The molecule has 2 fully saturated rings. The third-order valence-corrected chi connectivity index (χ3v) is 6.26. The van der Waals surface area contributed by atoms with Gasteiger partial charge in [0.25, 0.3) is 11.8 Å². The lowest BCUT2D eigenvalue weighted by Gasteiger charge is -2.35. The normalized spacial score (nSPS) is 17.6. The monoisotopic (exact) mass is 415 g/mol. The number of rotatable bonds is 3. The van der Waals surface area contributed by atoms with Gasteiger partial charge in [0.1, 0.15) is 5.60 Å².